The molecule has 0 unspecified atom stereocenters. The lowest BCUT2D eigenvalue weighted by molar-refractivity contribution is 0.248. The van der Waals surface area contributed by atoms with Crippen LogP contribution in [0, 0.1) is 6.92 Å². The summed E-state index contributed by atoms with van der Waals surface area (Å²) in [4.78, 5) is 3.44. The first kappa shape index (κ1) is 14.5. The minimum absolute atomic E-state index is 0.0595. The van der Waals surface area contributed by atoms with Crippen molar-refractivity contribution in [3.8, 4) is 0 Å². The van der Waals surface area contributed by atoms with Crippen LogP contribution in [0.3, 0.4) is 0 Å². The van der Waals surface area contributed by atoms with Gasteiger partial charge in [0, 0.05) is 10.9 Å². The number of nitrogens with one attached hydrogen (secondary N) is 1. The van der Waals surface area contributed by atoms with Gasteiger partial charge in [0.25, 0.3) is 0 Å². The zero-order chi connectivity index (χ0) is 13.3. The molecule has 1 aromatic heterocycles. The fourth-order valence-corrected chi connectivity index (χ4v) is 5.83. The molecular weight excluding hydrogens is 336 g/mol. The molecule has 2 heterocycles. The molecule has 7 heteroatoms. The van der Waals surface area contributed by atoms with Crippen molar-refractivity contribution < 1.29 is 8.42 Å². The first-order chi connectivity index (χ1) is 8.38. The first-order valence-electron chi connectivity index (χ1n) is 5.85. The van der Waals surface area contributed by atoms with E-state index in [0.717, 1.165) is 34.6 Å². The van der Waals surface area contributed by atoms with E-state index in [0.29, 0.717) is 4.90 Å². The van der Waals surface area contributed by atoms with Gasteiger partial charge in [0.2, 0.25) is 10.0 Å². The molecule has 1 fully saturated rings. The van der Waals surface area contributed by atoms with E-state index in [2.05, 4.69) is 32.6 Å². The highest BCUT2D eigenvalue weighted by atomic mass is 79.9. The molecule has 1 N–H and O–H groups in total. The summed E-state index contributed by atoms with van der Waals surface area (Å²) in [5, 5.41) is 0. The Bertz CT molecular complexity index is 519. The van der Waals surface area contributed by atoms with Crippen LogP contribution in [0.5, 0.6) is 0 Å². The normalized spacial score (nSPS) is 19.3. The highest BCUT2D eigenvalue weighted by Crippen LogP contribution is 2.29. The summed E-state index contributed by atoms with van der Waals surface area (Å²) in [7, 11) is -1.31. The molecule has 0 saturated carbocycles. The predicted octanol–water partition coefficient (Wildman–Crippen LogP) is 2.19. The summed E-state index contributed by atoms with van der Waals surface area (Å²) in [5.41, 5.74) is 0. The standard InChI is InChI=1S/C11H17BrN2O2S2/c1-8-10(7-11(12)17-8)18(15,16)13-9-3-5-14(2)6-4-9/h7,9,13H,3-6H2,1-2H3. The Morgan fingerprint density at radius 2 is 2.06 bits per heavy atom. The molecule has 0 atom stereocenters. The van der Waals surface area contributed by atoms with Gasteiger partial charge in [0.1, 0.15) is 0 Å². The molecule has 4 nitrogen and oxygen atoms in total. The van der Waals surface area contributed by atoms with Crippen molar-refractivity contribution in [2.75, 3.05) is 20.1 Å². The average molecular weight is 353 g/mol. The molecule has 1 aliphatic rings. The molecule has 1 saturated heterocycles. The Morgan fingerprint density at radius 3 is 2.56 bits per heavy atom. The Morgan fingerprint density at radius 1 is 1.44 bits per heavy atom. The monoisotopic (exact) mass is 352 g/mol. The van der Waals surface area contributed by atoms with E-state index in [4.69, 9.17) is 0 Å². The van der Waals surface area contributed by atoms with E-state index in [1.165, 1.54) is 11.3 Å². The number of likely N-dealkylation sites (tertiary alicyclic amines) is 1. The third-order valence-electron chi connectivity index (χ3n) is 3.17. The van der Waals surface area contributed by atoms with Crippen molar-refractivity contribution in [3.05, 3.63) is 14.7 Å². The SMILES string of the molecule is Cc1sc(Br)cc1S(=O)(=O)NC1CCN(C)CC1. The molecule has 102 valence electrons. The van der Waals surface area contributed by atoms with Gasteiger partial charge < -0.3 is 4.90 Å². The molecule has 1 aliphatic heterocycles. The summed E-state index contributed by atoms with van der Waals surface area (Å²) in [6.45, 7) is 3.72. The van der Waals surface area contributed by atoms with Crippen LogP contribution in [-0.2, 0) is 10.0 Å². The van der Waals surface area contributed by atoms with Gasteiger partial charge in [-0.3, -0.25) is 0 Å². The van der Waals surface area contributed by atoms with Crippen LogP contribution in [0.4, 0.5) is 0 Å². The number of halogens is 1. The number of hydrogen-bond donors (Lipinski definition) is 1. The molecular formula is C11H17BrN2O2S2. The van der Waals surface area contributed by atoms with Gasteiger partial charge in [-0.1, -0.05) is 0 Å². The van der Waals surface area contributed by atoms with Crippen molar-refractivity contribution >= 4 is 37.3 Å². The maximum Gasteiger partial charge on any atom is 0.241 e. The number of sulfonamides is 1. The number of rotatable bonds is 3. The quantitative estimate of drug-likeness (QED) is 0.906. The number of hydrogen-bond acceptors (Lipinski definition) is 4. The average Bonchev–Trinajstić information content (AvgIpc) is 2.62. The molecule has 0 radical (unpaired) electrons. The summed E-state index contributed by atoms with van der Waals surface area (Å²) in [6, 6.07) is 1.74. The van der Waals surface area contributed by atoms with Gasteiger partial charge >= 0.3 is 0 Å². The van der Waals surface area contributed by atoms with Crippen LogP contribution >= 0.6 is 27.3 Å². The number of nitrogens with zero attached hydrogens (tertiary/aromatic N) is 1. The van der Waals surface area contributed by atoms with Crippen LogP contribution in [0.15, 0.2) is 14.7 Å². The van der Waals surface area contributed by atoms with Crippen LogP contribution in [0.25, 0.3) is 0 Å². The second-order valence-electron chi connectivity index (χ2n) is 4.67. The molecule has 0 aliphatic carbocycles. The van der Waals surface area contributed by atoms with Crippen molar-refractivity contribution in [2.45, 2.75) is 30.7 Å². The first-order valence-corrected chi connectivity index (χ1v) is 8.94. The van der Waals surface area contributed by atoms with Gasteiger partial charge in [0.05, 0.1) is 8.68 Å². The van der Waals surface area contributed by atoms with Crippen LogP contribution in [0.2, 0.25) is 0 Å². The van der Waals surface area contributed by atoms with E-state index >= 15 is 0 Å². The number of thiophene rings is 1. The molecule has 18 heavy (non-hydrogen) atoms. The molecule has 1 aromatic rings. The highest BCUT2D eigenvalue weighted by Gasteiger charge is 2.25. The summed E-state index contributed by atoms with van der Waals surface area (Å²) in [6.07, 6.45) is 1.75. The van der Waals surface area contributed by atoms with Crippen molar-refractivity contribution in [1.82, 2.24) is 9.62 Å². The van der Waals surface area contributed by atoms with E-state index in [1.807, 2.05) is 6.92 Å². The lowest BCUT2D eigenvalue weighted by atomic mass is 10.1. The Balaban J connectivity index is 2.10. The van der Waals surface area contributed by atoms with Crippen molar-refractivity contribution in [2.24, 2.45) is 0 Å². The van der Waals surface area contributed by atoms with E-state index in [9.17, 15) is 8.42 Å². The Hall–Kier alpha value is 0.0500. The second kappa shape index (κ2) is 5.58. The Kier molecular flexibility index (Phi) is 4.48. The zero-order valence-electron chi connectivity index (χ0n) is 10.4. The summed E-state index contributed by atoms with van der Waals surface area (Å²) in [5.74, 6) is 0. The third-order valence-corrected chi connectivity index (χ3v) is 6.50. The van der Waals surface area contributed by atoms with Gasteiger partial charge in [-0.15, -0.1) is 11.3 Å². The topological polar surface area (TPSA) is 49.4 Å². The van der Waals surface area contributed by atoms with Gasteiger partial charge in [0.15, 0.2) is 0 Å². The van der Waals surface area contributed by atoms with Crippen molar-refractivity contribution in [3.63, 3.8) is 0 Å². The van der Waals surface area contributed by atoms with E-state index < -0.39 is 10.0 Å². The van der Waals surface area contributed by atoms with Gasteiger partial charge in [-0.2, -0.15) is 0 Å². The molecule has 2 rings (SSSR count). The Labute approximate surface area is 121 Å². The lowest BCUT2D eigenvalue weighted by Gasteiger charge is -2.29. The second-order valence-corrected chi connectivity index (χ2v) is 8.99. The fraction of sp³-hybridized carbons (Fsp3) is 0.636. The van der Waals surface area contributed by atoms with Crippen LogP contribution in [0.1, 0.15) is 17.7 Å². The number of aryl methyl sites for hydroxylation is 1. The molecule has 0 spiro atoms. The van der Waals surface area contributed by atoms with Crippen LogP contribution < -0.4 is 4.72 Å². The maximum atomic E-state index is 12.3. The van der Waals surface area contributed by atoms with Crippen LogP contribution in [-0.4, -0.2) is 39.5 Å². The maximum absolute atomic E-state index is 12.3. The molecule has 0 bridgehead atoms. The fourth-order valence-electron chi connectivity index (χ4n) is 2.11. The van der Waals surface area contributed by atoms with Crippen molar-refractivity contribution in [1.29, 1.82) is 0 Å². The van der Waals surface area contributed by atoms with Gasteiger partial charge in [-0.05, 0) is 61.9 Å². The minimum Gasteiger partial charge on any atom is -0.306 e. The lowest BCUT2D eigenvalue weighted by Crippen LogP contribution is -2.43. The predicted molar refractivity (Wildman–Crippen MR) is 77.6 cm³/mol. The zero-order valence-corrected chi connectivity index (χ0v) is 13.7. The van der Waals surface area contributed by atoms with Gasteiger partial charge in [-0.25, -0.2) is 13.1 Å². The summed E-state index contributed by atoms with van der Waals surface area (Å²) >= 11 is 4.78. The molecule has 0 aromatic carbocycles. The smallest absolute Gasteiger partial charge is 0.241 e. The number of piperidine rings is 1. The van der Waals surface area contributed by atoms with E-state index in [-0.39, 0.29) is 6.04 Å². The minimum atomic E-state index is -3.38. The van der Waals surface area contributed by atoms with E-state index in [1.54, 1.807) is 6.07 Å². The largest absolute Gasteiger partial charge is 0.306 e. The highest BCUT2D eigenvalue weighted by molar-refractivity contribution is 9.11. The summed E-state index contributed by atoms with van der Waals surface area (Å²) < 4.78 is 28.2. The third kappa shape index (κ3) is 3.33. The molecule has 0 amide bonds.